The Labute approximate surface area is 132 Å². The third kappa shape index (κ3) is 1.81. The molecule has 3 heterocycles. The fourth-order valence-electron chi connectivity index (χ4n) is 2.98. The van der Waals surface area contributed by atoms with Crippen LogP contribution in [0, 0.1) is 5.82 Å². The molecule has 0 aliphatic carbocycles. The van der Waals surface area contributed by atoms with Crippen molar-refractivity contribution in [2.24, 2.45) is 0 Å². The molecule has 0 amide bonds. The van der Waals surface area contributed by atoms with Gasteiger partial charge in [-0.1, -0.05) is 6.07 Å². The molecule has 22 heavy (non-hydrogen) atoms. The Morgan fingerprint density at radius 3 is 2.23 bits per heavy atom. The predicted molar refractivity (Wildman–Crippen MR) is 75.9 cm³/mol. The van der Waals surface area contributed by atoms with Crippen LogP contribution in [-0.2, 0) is 19.1 Å². The van der Waals surface area contributed by atoms with Gasteiger partial charge in [-0.3, -0.25) is 0 Å². The van der Waals surface area contributed by atoms with Crippen LogP contribution in [-0.4, -0.2) is 25.2 Å². The number of cyclic esters (lactones) is 2. The fourth-order valence-corrected chi connectivity index (χ4v) is 3.37. The van der Waals surface area contributed by atoms with Gasteiger partial charge >= 0.3 is 11.9 Å². The molecule has 1 N–H and O–H groups in total. The van der Waals surface area contributed by atoms with Gasteiger partial charge in [0.05, 0.1) is 32.9 Å². The summed E-state index contributed by atoms with van der Waals surface area (Å²) >= 11 is 3.13. The molecule has 0 spiro atoms. The van der Waals surface area contributed by atoms with Crippen molar-refractivity contribution >= 4 is 27.9 Å². The van der Waals surface area contributed by atoms with E-state index in [4.69, 9.17) is 9.47 Å². The molecule has 112 valence electrons. The number of rotatable bonds is 1. The van der Waals surface area contributed by atoms with Crippen molar-refractivity contribution in [1.82, 2.24) is 5.32 Å². The van der Waals surface area contributed by atoms with Crippen LogP contribution in [0.2, 0.25) is 0 Å². The first-order valence-corrected chi connectivity index (χ1v) is 7.38. The molecule has 0 saturated carbocycles. The van der Waals surface area contributed by atoms with Gasteiger partial charge in [0.1, 0.15) is 19.0 Å². The summed E-state index contributed by atoms with van der Waals surface area (Å²) in [6.07, 6.45) is 0. The van der Waals surface area contributed by atoms with Crippen LogP contribution >= 0.6 is 15.9 Å². The van der Waals surface area contributed by atoms with Crippen molar-refractivity contribution in [3.63, 3.8) is 0 Å². The Kier molecular flexibility index (Phi) is 2.87. The van der Waals surface area contributed by atoms with Gasteiger partial charge < -0.3 is 14.8 Å². The number of benzene rings is 1. The molecular formula is C15H9BrFNO4. The zero-order chi connectivity index (χ0) is 15.4. The van der Waals surface area contributed by atoms with E-state index in [-0.39, 0.29) is 17.7 Å². The number of hydrogen-bond acceptors (Lipinski definition) is 5. The molecule has 0 unspecified atom stereocenters. The Bertz CT molecular complexity index is 759. The van der Waals surface area contributed by atoms with Crippen LogP contribution in [0.3, 0.4) is 0 Å². The molecule has 1 aromatic rings. The lowest BCUT2D eigenvalue weighted by Gasteiger charge is -2.24. The van der Waals surface area contributed by atoms with Crippen LogP contribution in [0.15, 0.2) is 45.2 Å². The van der Waals surface area contributed by atoms with Crippen molar-refractivity contribution < 1.29 is 23.5 Å². The first-order valence-electron chi connectivity index (χ1n) is 6.58. The summed E-state index contributed by atoms with van der Waals surface area (Å²) in [5, 5.41) is 3.05. The zero-order valence-corrected chi connectivity index (χ0v) is 12.7. The lowest BCUT2D eigenvalue weighted by molar-refractivity contribution is -0.136. The van der Waals surface area contributed by atoms with Gasteiger partial charge in [-0.2, -0.15) is 0 Å². The van der Waals surface area contributed by atoms with Crippen molar-refractivity contribution in [1.29, 1.82) is 0 Å². The van der Waals surface area contributed by atoms with E-state index < -0.39 is 23.7 Å². The number of esters is 2. The highest BCUT2D eigenvalue weighted by Crippen LogP contribution is 2.43. The van der Waals surface area contributed by atoms with Crippen molar-refractivity contribution in [2.45, 2.75) is 5.92 Å². The first kappa shape index (κ1) is 13.5. The fraction of sp³-hybridized carbons (Fsp3) is 0.200. The maximum absolute atomic E-state index is 13.5. The van der Waals surface area contributed by atoms with Gasteiger partial charge in [0.25, 0.3) is 0 Å². The van der Waals surface area contributed by atoms with E-state index in [1.807, 2.05) is 0 Å². The summed E-state index contributed by atoms with van der Waals surface area (Å²) in [5.74, 6) is -1.96. The molecule has 3 aliphatic heterocycles. The van der Waals surface area contributed by atoms with Gasteiger partial charge in [0.2, 0.25) is 0 Å². The molecule has 0 bridgehead atoms. The van der Waals surface area contributed by atoms with Crippen molar-refractivity contribution in [2.75, 3.05) is 13.2 Å². The average Bonchev–Trinajstić information content (AvgIpc) is 3.05. The second-order valence-corrected chi connectivity index (χ2v) is 6.02. The molecule has 7 heteroatoms. The highest BCUT2D eigenvalue weighted by atomic mass is 79.9. The number of carbonyl (C=O) groups excluding carboxylic acids is 2. The molecule has 5 nitrogen and oxygen atoms in total. The van der Waals surface area contributed by atoms with Crippen LogP contribution in [0.1, 0.15) is 11.5 Å². The Morgan fingerprint density at radius 2 is 1.68 bits per heavy atom. The highest BCUT2D eigenvalue weighted by Gasteiger charge is 2.45. The summed E-state index contributed by atoms with van der Waals surface area (Å²) in [7, 11) is 0. The molecule has 0 atom stereocenters. The third-order valence-electron chi connectivity index (χ3n) is 3.94. The monoisotopic (exact) mass is 365 g/mol. The maximum Gasteiger partial charge on any atom is 0.337 e. The van der Waals surface area contributed by atoms with Gasteiger partial charge in [-0.05, 0) is 33.6 Å². The summed E-state index contributed by atoms with van der Waals surface area (Å²) < 4.78 is 23.9. The first-order chi connectivity index (χ1) is 10.6. The maximum atomic E-state index is 13.5. The Hall–Kier alpha value is -2.15. The van der Waals surface area contributed by atoms with Gasteiger partial charge in [0.15, 0.2) is 0 Å². The van der Waals surface area contributed by atoms with E-state index in [2.05, 4.69) is 21.2 Å². The highest BCUT2D eigenvalue weighted by molar-refractivity contribution is 9.10. The van der Waals surface area contributed by atoms with Crippen molar-refractivity contribution in [3.05, 3.63) is 56.6 Å². The van der Waals surface area contributed by atoms with E-state index in [1.54, 1.807) is 12.1 Å². The number of hydrogen-bond donors (Lipinski definition) is 1. The second kappa shape index (κ2) is 4.67. The van der Waals surface area contributed by atoms with Crippen LogP contribution in [0.25, 0.3) is 0 Å². The molecule has 1 aromatic carbocycles. The molecule has 0 saturated heterocycles. The molecule has 0 fully saturated rings. The normalized spacial score (nSPS) is 20.6. The summed E-state index contributed by atoms with van der Waals surface area (Å²) in [6.45, 7) is 0.274. The van der Waals surface area contributed by atoms with E-state index in [1.165, 1.54) is 6.07 Å². The summed E-state index contributed by atoms with van der Waals surface area (Å²) in [6, 6.07) is 4.42. The molecule has 0 aromatic heterocycles. The van der Waals surface area contributed by atoms with Crippen LogP contribution < -0.4 is 5.32 Å². The molecule has 0 radical (unpaired) electrons. The summed E-state index contributed by atoms with van der Waals surface area (Å²) in [5.41, 5.74) is 2.67. The zero-order valence-electron chi connectivity index (χ0n) is 11.1. The molecule has 3 aliphatic rings. The van der Waals surface area contributed by atoms with Crippen LogP contribution in [0.5, 0.6) is 0 Å². The Balaban J connectivity index is 1.91. The number of halogens is 2. The van der Waals surface area contributed by atoms with E-state index in [0.29, 0.717) is 28.1 Å². The SMILES string of the molecule is O=C1OCC2=C1C(c1ccc(F)c(Br)c1)C1=C(COC1=O)N2. The topological polar surface area (TPSA) is 64.6 Å². The summed E-state index contributed by atoms with van der Waals surface area (Å²) in [4.78, 5) is 24.1. The lowest BCUT2D eigenvalue weighted by atomic mass is 9.81. The minimum absolute atomic E-state index is 0.137. The largest absolute Gasteiger partial charge is 0.456 e. The molecule has 4 rings (SSSR count). The number of carbonyl (C=O) groups is 2. The average molecular weight is 366 g/mol. The number of ether oxygens (including phenoxy) is 2. The van der Waals surface area contributed by atoms with E-state index in [9.17, 15) is 14.0 Å². The third-order valence-corrected chi connectivity index (χ3v) is 4.55. The standard InChI is InChI=1S/C15H9BrFNO4/c16-7-3-6(1-2-8(7)17)11-12-9(4-21-14(12)19)18-10-5-22-15(20)13(10)11/h1-3,11,18H,4-5H2. The van der Waals surface area contributed by atoms with Gasteiger partial charge in [0, 0.05) is 0 Å². The minimum atomic E-state index is -0.604. The lowest BCUT2D eigenvalue weighted by Crippen LogP contribution is -2.27. The Morgan fingerprint density at radius 1 is 1.09 bits per heavy atom. The predicted octanol–water partition coefficient (Wildman–Crippen LogP) is 1.90. The number of nitrogens with one attached hydrogen (secondary N) is 1. The van der Waals surface area contributed by atoms with Gasteiger partial charge in [-0.25, -0.2) is 14.0 Å². The quantitative estimate of drug-likeness (QED) is 0.770. The van der Waals surface area contributed by atoms with Crippen LogP contribution in [0.4, 0.5) is 4.39 Å². The second-order valence-electron chi connectivity index (χ2n) is 5.17. The minimum Gasteiger partial charge on any atom is -0.456 e. The molecular weight excluding hydrogens is 357 g/mol. The van der Waals surface area contributed by atoms with E-state index in [0.717, 1.165) is 0 Å². The van der Waals surface area contributed by atoms with Gasteiger partial charge in [-0.15, -0.1) is 0 Å². The van der Waals surface area contributed by atoms with E-state index >= 15 is 0 Å². The smallest absolute Gasteiger partial charge is 0.337 e. The number of dihydropyridines is 1. The van der Waals surface area contributed by atoms with Crippen molar-refractivity contribution in [3.8, 4) is 0 Å².